The zero-order valence-electron chi connectivity index (χ0n) is 10.9. The minimum Gasteiger partial charge on any atom is -0.399 e. The van der Waals surface area contributed by atoms with Crippen LogP contribution in [-0.2, 0) is 10.0 Å². The first-order valence-electron chi connectivity index (χ1n) is 5.91. The molecule has 0 aliphatic carbocycles. The van der Waals surface area contributed by atoms with Crippen LogP contribution in [0.25, 0.3) is 0 Å². The second-order valence-electron chi connectivity index (χ2n) is 4.39. The van der Waals surface area contributed by atoms with Crippen molar-refractivity contribution in [2.75, 3.05) is 5.73 Å². The number of sulfonamides is 1. The minimum absolute atomic E-state index is 0.0400. The van der Waals surface area contributed by atoms with E-state index in [2.05, 4.69) is 4.40 Å². The van der Waals surface area contributed by atoms with Crippen LogP contribution in [0, 0.1) is 6.92 Å². The van der Waals surface area contributed by atoms with Crippen LogP contribution in [0.15, 0.2) is 57.8 Å². The summed E-state index contributed by atoms with van der Waals surface area (Å²) in [6.07, 6.45) is 0. The van der Waals surface area contributed by atoms with Crippen LogP contribution in [0.3, 0.4) is 0 Å². The Morgan fingerprint density at radius 3 is 2.10 bits per heavy atom. The summed E-state index contributed by atoms with van der Waals surface area (Å²) in [6.45, 7) is 1.93. The Bertz CT molecular complexity index is 733. The second-order valence-corrected chi connectivity index (χ2v) is 5.99. The Balaban J connectivity index is 2.37. The number of amidine groups is 1. The summed E-state index contributed by atoms with van der Waals surface area (Å²) < 4.78 is 27.8. The lowest BCUT2D eigenvalue weighted by molar-refractivity contribution is 0.598. The van der Waals surface area contributed by atoms with Crippen molar-refractivity contribution >= 4 is 21.5 Å². The van der Waals surface area contributed by atoms with Gasteiger partial charge < -0.3 is 11.5 Å². The quantitative estimate of drug-likeness (QED) is 0.510. The number of rotatable bonds is 3. The van der Waals surface area contributed by atoms with Gasteiger partial charge in [0.15, 0.2) is 0 Å². The molecule has 0 unspecified atom stereocenters. The molecule has 2 aromatic carbocycles. The van der Waals surface area contributed by atoms with E-state index in [0.29, 0.717) is 11.3 Å². The van der Waals surface area contributed by atoms with Crippen LogP contribution in [0.4, 0.5) is 5.69 Å². The number of anilines is 1. The summed E-state index contributed by atoms with van der Waals surface area (Å²) in [4.78, 5) is 0.0572. The van der Waals surface area contributed by atoms with E-state index < -0.39 is 10.0 Å². The number of hydrogen-bond acceptors (Lipinski definition) is 3. The Hall–Kier alpha value is -2.34. The van der Waals surface area contributed by atoms with Gasteiger partial charge in [-0.3, -0.25) is 0 Å². The van der Waals surface area contributed by atoms with E-state index in [-0.39, 0.29) is 10.7 Å². The highest BCUT2D eigenvalue weighted by Gasteiger charge is 2.13. The second kappa shape index (κ2) is 5.34. The third-order valence-electron chi connectivity index (χ3n) is 2.74. The SMILES string of the molecule is Cc1ccc(/C(N)=N/S(=O)(=O)c2ccc(N)cc2)cc1. The van der Waals surface area contributed by atoms with Crippen molar-refractivity contribution in [2.24, 2.45) is 10.1 Å². The predicted octanol–water partition coefficient (Wildman–Crippen LogP) is 1.67. The smallest absolute Gasteiger partial charge is 0.284 e. The first-order valence-corrected chi connectivity index (χ1v) is 7.35. The van der Waals surface area contributed by atoms with Gasteiger partial charge in [-0.05, 0) is 31.2 Å². The van der Waals surface area contributed by atoms with Crippen LogP contribution in [0.1, 0.15) is 11.1 Å². The standard InChI is InChI=1S/C14H15N3O2S/c1-10-2-4-11(5-3-10)14(16)17-20(18,19)13-8-6-12(15)7-9-13/h2-9H,15H2,1H3,(H2,16,17). The lowest BCUT2D eigenvalue weighted by atomic mass is 10.1. The van der Waals surface area contributed by atoms with E-state index in [1.165, 1.54) is 24.3 Å². The first-order chi connectivity index (χ1) is 9.38. The van der Waals surface area contributed by atoms with E-state index in [4.69, 9.17) is 11.5 Å². The van der Waals surface area contributed by atoms with E-state index >= 15 is 0 Å². The summed E-state index contributed by atoms with van der Waals surface area (Å²) in [6, 6.07) is 12.9. The molecule has 0 radical (unpaired) electrons. The molecule has 104 valence electrons. The fraction of sp³-hybridized carbons (Fsp3) is 0.0714. The lowest BCUT2D eigenvalue weighted by Gasteiger charge is -2.03. The number of benzene rings is 2. The van der Waals surface area contributed by atoms with Crippen LogP contribution in [-0.4, -0.2) is 14.3 Å². The van der Waals surface area contributed by atoms with E-state index in [9.17, 15) is 8.42 Å². The lowest BCUT2D eigenvalue weighted by Crippen LogP contribution is -2.16. The van der Waals surface area contributed by atoms with Crippen LogP contribution >= 0.6 is 0 Å². The van der Waals surface area contributed by atoms with Crippen molar-refractivity contribution in [3.8, 4) is 0 Å². The summed E-state index contributed by atoms with van der Waals surface area (Å²) in [5.41, 5.74) is 13.4. The monoisotopic (exact) mass is 289 g/mol. The molecule has 0 amide bonds. The molecule has 0 aromatic heterocycles. The molecule has 0 atom stereocenters. The Morgan fingerprint density at radius 1 is 1.00 bits per heavy atom. The van der Waals surface area contributed by atoms with Gasteiger partial charge in [-0.25, -0.2) is 0 Å². The van der Waals surface area contributed by atoms with Gasteiger partial charge in [0.25, 0.3) is 10.0 Å². The summed E-state index contributed by atoms with van der Waals surface area (Å²) in [5, 5.41) is 0. The molecule has 4 N–H and O–H groups in total. The average Bonchev–Trinajstić information content (AvgIpc) is 2.39. The van der Waals surface area contributed by atoms with Gasteiger partial charge in [-0.1, -0.05) is 29.8 Å². The summed E-state index contributed by atoms with van der Waals surface area (Å²) >= 11 is 0. The van der Waals surface area contributed by atoms with E-state index in [1.54, 1.807) is 12.1 Å². The number of hydrogen-bond donors (Lipinski definition) is 2. The van der Waals surface area contributed by atoms with Gasteiger partial charge in [0.05, 0.1) is 4.90 Å². The van der Waals surface area contributed by atoms with Crippen LogP contribution in [0.2, 0.25) is 0 Å². The maximum absolute atomic E-state index is 12.1. The molecule has 0 bridgehead atoms. The zero-order valence-corrected chi connectivity index (χ0v) is 11.8. The molecule has 0 saturated heterocycles. The van der Waals surface area contributed by atoms with Crippen LogP contribution in [0.5, 0.6) is 0 Å². The molecular weight excluding hydrogens is 274 g/mol. The number of aryl methyl sites for hydroxylation is 1. The fourth-order valence-corrected chi connectivity index (χ4v) is 2.55. The number of nitrogens with zero attached hydrogens (tertiary/aromatic N) is 1. The maximum atomic E-state index is 12.1. The Morgan fingerprint density at radius 2 is 1.55 bits per heavy atom. The van der Waals surface area contributed by atoms with Gasteiger partial charge in [0, 0.05) is 11.3 Å². The highest BCUT2D eigenvalue weighted by molar-refractivity contribution is 7.90. The molecule has 0 fully saturated rings. The molecule has 0 aliphatic heterocycles. The van der Waals surface area contributed by atoms with Crippen molar-refractivity contribution < 1.29 is 8.42 Å². The molecule has 0 aliphatic rings. The van der Waals surface area contributed by atoms with Crippen molar-refractivity contribution in [3.63, 3.8) is 0 Å². The minimum atomic E-state index is -3.83. The molecule has 5 nitrogen and oxygen atoms in total. The fourth-order valence-electron chi connectivity index (χ4n) is 1.60. The van der Waals surface area contributed by atoms with Gasteiger partial charge in [-0.2, -0.15) is 8.42 Å². The summed E-state index contributed by atoms with van der Waals surface area (Å²) in [5.74, 6) is -0.0400. The molecule has 2 aromatic rings. The highest BCUT2D eigenvalue weighted by Crippen LogP contribution is 2.15. The molecule has 6 heteroatoms. The van der Waals surface area contributed by atoms with Crippen molar-refractivity contribution in [1.82, 2.24) is 0 Å². The largest absolute Gasteiger partial charge is 0.399 e. The Kier molecular flexibility index (Phi) is 3.76. The number of nitrogen functional groups attached to an aromatic ring is 1. The third kappa shape index (κ3) is 3.16. The van der Waals surface area contributed by atoms with Gasteiger partial charge in [-0.15, -0.1) is 4.40 Å². The van der Waals surface area contributed by atoms with Gasteiger partial charge >= 0.3 is 0 Å². The molecule has 0 heterocycles. The van der Waals surface area contributed by atoms with Crippen molar-refractivity contribution in [1.29, 1.82) is 0 Å². The third-order valence-corrected chi connectivity index (χ3v) is 4.05. The van der Waals surface area contributed by atoms with Crippen molar-refractivity contribution in [3.05, 3.63) is 59.7 Å². The highest BCUT2D eigenvalue weighted by atomic mass is 32.2. The predicted molar refractivity (Wildman–Crippen MR) is 79.9 cm³/mol. The van der Waals surface area contributed by atoms with E-state index in [0.717, 1.165) is 5.56 Å². The zero-order chi connectivity index (χ0) is 14.8. The molecule has 2 rings (SSSR count). The summed E-state index contributed by atoms with van der Waals surface area (Å²) in [7, 11) is -3.83. The maximum Gasteiger partial charge on any atom is 0.284 e. The van der Waals surface area contributed by atoms with Crippen LogP contribution < -0.4 is 11.5 Å². The number of nitrogens with two attached hydrogens (primary N) is 2. The molecule has 0 spiro atoms. The Labute approximate surface area is 118 Å². The van der Waals surface area contributed by atoms with Crippen molar-refractivity contribution in [2.45, 2.75) is 11.8 Å². The normalized spacial score (nSPS) is 12.3. The topological polar surface area (TPSA) is 98.5 Å². The average molecular weight is 289 g/mol. The first kappa shape index (κ1) is 14.1. The van der Waals surface area contributed by atoms with E-state index in [1.807, 2.05) is 19.1 Å². The van der Waals surface area contributed by atoms with Gasteiger partial charge in [0.2, 0.25) is 0 Å². The molecular formula is C14H15N3O2S. The molecule has 20 heavy (non-hydrogen) atoms. The van der Waals surface area contributed by atoms with Gasteiger partial charge in [0.1, 0.15) is 5.84 Å². The molecule has 0 saturated carbocycles.